The van der Waals surface area contributed by atoms with Crippen LogP contribution < -0.4 is 10.6 Å². The first kappa shape index (κ1) is 26.4. The van der Waals surface area contributed by atoms with Crippen LogP contribution in [-0.2, 0) is 9.53 Å². The quantitative estimate of drug-likeness (QED) is 0.274. The fourth-order valence-corrected chi connectivity index (χ4v) is 3.24. The van der Waals surface area contributed by atoms with Crippen molar-refractivity contribution in [3.8, 4) is 0 Å². The number of morpholine rings is 1. The van der Waals surface area contributed by atoms with E-state index in [9.17, 15) is 4.79 Å². The topological polar surface area (TPSA) is 69.2 Å². The molecule has 2 N–H and O–H groups in total. The minimum Gasteiger partial charge on any atom is -0.379 e. The van der Waals surface area contributed by atoms with Crippen LogP contribution in [0, 0.1) is 5.92 Å². The Morgan fingerprint density at radius 3 is 2.30 bits per heavy atom. The standard InChI is InChI=1S/C19H39N5O2.HI/c1-6-9-20-19(22-15-18(25)23(4)5)21-14-17(16(7-2)8-3)24-10-12-26-13-11-24;/h16-17H,6-15H2,1-5H3,(H2,20,21,22);1H. The van der Waals surface area contributed by atoms with Gasteiger partial charge in [0, 0.05) is 46.3 Å². The smallest absolute Gasteiger partial charge is 0.243 e. The molecule has 0 aromatic rings. The highest BCUT2D eigenvalue weighted by Gasteiger charge is 2.27. The molecule has 1 amide bonds. The lowest BCUT2D eigenvalue weighted by Crippen LogP contribution is -2.53. The van der Waals surface area contributed by atoms with Crippen molar-refractivity contribution in [1.29, 1.82) is 0 Å². The number of carbonyl (C=O) groups excluding carboxylic acids is 1. The fraction of sp³-hybridized carbons (Fsp3) is 0.895. The van der Waals surface area contributed by atoms with E-state index in [1.165, 1.54) is 0 Å². The van der Waals surface area contributed by atoms with Gasteiger partial charge in [0.15, 0.2) is 5.96 Å². The number of halogens is 1. The number of nitrogens with one attached hydrogen (secondary N) is 2. The number of rotatable bonds is 10. The summed E-state index contributed by atoms with van der Waals surface area (Å²) in [6.45, 7) is 12.1. The van der Waals surface area contributed by atoms with Gasteiger partial charge in [-0.05, 0) is 12.3 Å². The zero-order valence-corrected chi connectivity index (χ0v) is 20.1. The van der Waals surface area contributed by atoms with Crippen LogP contribution >= 0.6 is 24.0 Å². The second-order valence-electron chi connectivity index (χ2n) is 7.05. The Balaban J connectivity index is 0.00000676. The summed E-state index contributed by atoms with van der Waals surface area (Å²) in [5, 5.41) is 6.80. The summed E-state index contributed by atoms with van der Waals surface area (Å²) in [6.07, 6.45) is 3.34. The SMILES string of the molecule is CCCNC(=NCC(=O)N(C)C)NCC(C(CC)CC)N1CCOCC1.I. The molecule has 7 nitrogen and oxygen atoms in total. The Bertz CT molecular complexity index is 424. The van der Waals surface area contributed by atoms with Gasteiger partial charge in [0.25, 0.3) is 0 Å². The van der Waals surface area contributed by atoms with Crippen LogP contribution in [0.1, 0.15) is 40.0 Å². The summed E-state index contributed by atoms with van der Waals surface area (Å²) in [7, 11) is 3.51. The van der Waals surface area contributed by atoms with Crippen molar-refractivity contribution in [2.75, 3.05) is 60.0 Å². The van der Waals surface area contributed by atoms with E-state index in [1.54, 1.807) is 19.0 Å². The number of aliphatic imine (C=N–C) groups is 1. The molecule has 1 atom stereocenters. The summed E-state index contributed by atoms with van der Waals surface area (Å²) >= 11 is 0. The summed E-state index contributed by atoms with van der Waals surface area (Å²) in [5.41, 5.74) is 0. The van der Waals surface area contributed by atoms with Gasteiger partial charge in [-0.15, -0.1) is 24.0 Å². The first-order valence-corrected chi connectivity index (χ1v) is 10.1. The number of likely N-dealkylation sites (N-methyl/N-ethyl adjacent to an activating group) is 1. The lowest BCUT2D eigenvalue weighted by atomic mass is 9.92. The van der Waals surface area contributed by atoms with E-state index in [0.29, 0.717) is 12.0 Å². The molecule has 8 heteroatoms. The molecular weight excluding hydrogens is 457 g/mol. The number of guanidine groups is 1. The molecule has 0 aliphatic carbocycles. The molecule has 1 aliphatic rings. The van der Waals surface area contributed by atoms with Crippen LogP contribution in [0.25, 0.3) is 0 Å². The highest BCUT2D eigenvalue weighted by atomic mass is 127. The third-order valence-corrected chi connectivity index (χ3v) is 5.00. The summed E-state index contributed by atoms with van der Waals surface area (Å²) in [6, 6.07) is 0.451. The van der Waals surface area contributed by atoms with Gasteiger partial charge in [-0.2, -0.15) is 0 Å². The van der Waals surface area contributed by atoms with E-state index in [-0.39, 0.29) is 36.4 Å². The zero-order chi connectivity index (χ0) is 19.4. The maximum Gasteiger partial charge on any atom is 0.243 e. The Morgan fingerprint density at radius 1 is 1.15 bits per heavy atom. The molecule has 1 fully saturated rings. The minimum atomic E-state index is 0. The Morgan fingerprint density at radius 2 is 1.78 bits per heavy atom. The van der Waals surface area contributed by atoms with Gasteiger partial charge >= 0.3 is 0 Å². The highest BCUT2D eigenvalue weighted by Crippen LogP contribution is 2.19. The van der Waals surface area contributed by atoms with E-state index in [1.807, 2.05) is 0 Å². The summed E-state index contributed by atoms with van der Waals surface area (Å²) < 4.78 is 5.52. The number of carbonyl (C=O) groups is 1. The highest BCUT2D eigenvalue weighted by molar-refractivity contribution is 14.0. The van der Waals surface area contributed by atoms with Gasteiger partial charge in [0.2, 0.25) is 5.91 Å². The van der Waals surface area contributed by atoms with Gasteiger partial charge in [0.05, 0.1) is 13.2 Å². The lowest BCUT2D eigenvalue weighted by molar-refractivity contribution is -0.127. The Hall–Kier alpha value is -0.610. The van der Waals surface area contributed by atoms with Gasteiger partial charge in [-0.3, -0.25) is 9.69 Å². The Labute approximate surface area is 182 Å². The maximum absolute atomic E-state index is 11.8. The summed E-state index contributed by atoms with van der Waals surface area (Å²) in [4.78, 5) is 20.4. The van der Waals surface area contributed by atoms with Crippen molar-refractivity contribution in [2.45, 2.75) is 46.1 Å². The lowest BCUT2D eigenvalue weighted by Gasteiger charge is -2.39. The largest absolute Gasteiger partial charge is 0.379 e. The number of nitrogens with zero attached hydrogens (tertiary/aromatic N) is 3. The van der Waals surface area contributed by atoms with Crippen molar-refractivity contribution in [3.63, 3.8) is 0 Å². The molecule has 0 saturated carbocycles. The van der Waals surface area contributed by atoms with Gasteiger partial charge in [-0.1, -0.05) is 33.6 Å². The van der Waals surface area contributed by atoms with Crippen LogP contribution in [0.3, 0.4) is 0 Å². The third kappa shape index (κ3) is 9.94. The Kier molecular flexibility index (Phi) is 15.0. The number of hydrogen-bond donors (Lipinski definition) is 2. The van der Waals surface area contributed by atoms with Crippen molar-refractivity contribution < 1.29 is 9.53 Å². The van der Waals surface area contributed by atoms with Crippen LogP contribution in [-0.4, -0.2) is 87.7 Å². The molecular formula is C19H40IN5O2. The molecule has 160 valence electrons. The normalized spacial score (nSPS) is 16.6. The molecule has 0 bridgehead atoms. The molecule has 1 heterocycles. The molecule has 27 heavy (non-hydrogen) atoms. The second-order valence-corrected chi connectivity index (χ2v) is 7.05. The fourth-order valence-electron chi connectivity index (χ4n) is 3.24. The molecule has 1 rings (SSSR count). The number of ether oxygens (including phenoxy) is 1. The van der Waals surface area contributed by atoms with Crippen molar-refractivity contribution in [1.82, 2.24) is 20.4 Å². The van der Waals surface area contributed by atoms with Gasteiger partial charge in [-0.25, -0.2) is 4.99 Å². The molecule has 0 radical (unpaired) electrons. The average molecular weight is 497 g/mol. The van der Waals surface area contributed by atoms with Crippen molar-refractivity contribution >= 4 is 35.8 Å². The van der Waals surface area contributed by atoms with Crippen molar-refractivity contribution in [2.24, 2.45) is 10.9 Å². The third-order valence-electron chi connectivity index (χ3n) is 5.00. The van der Waals surface area contributed by atoms with Crippen LogP contribution in [0.4, 0.5) is 0 Å². The molecule has 1 saturated heterocycles. The molecule has 1 unspecified atom stereocenters. The minimum absolute atomic E-state index is 0. The van der Waals surface area contributed by atoms with E-state index in [0.717, 1.165) is 64.6 Å². The average Bonchev–Trinajstić information content (AvgIpc) is 2.66. The molecule has 1 aliphatic heterocycles. The first-order chi connectivity index (χ1) is 12.5. The van der Waals surface area contributed by atoms with Gasteiger partial charge < -0.3 is 20.3 Å². The summed E-state index contributed by atoms with van der Waals surface area (Å²) in [5.74, 6) is 1.37. The van der Waals surface area contributed by atoms with Gasteiger partial charge in [0.1, 0.15) is 6.54 Å². The number of hydrogen-bond acceptors (Lipinski definition) is 4. The maximum atomic E-state index is 11.8. The predicted molar refractivity (Wildman–Crippen MR) is 123 cm³/mol. The molecule has 0 aromatic carbocycles. The monoisotopic (exact) mass is 497 g/mol. The predicted octanol–water partition coefficient (Wildman–Crippen LogP) is 1.77. The first-order valence-electron chi connectivity index (χ1n) is 10.1. The van der Waals surface area contributed by atoms with Crippen LogP contribution in [0.5, 0.6) is 0 Å². The van der Waals surface area contributed by atoms with E-state index in [4.69, 9.17) is 4.74 Å². The second kappa shape index (κ2) is 15.3. The van der Waals surface area contributed by atoms with Crippen molar-refractivity contribution in [3.05, 3.63) is 0 Å². The van der Waals surface area contributed by atoms with E-state index < -0.39 is 0 Å². The molecule has 0 aromatic heterocycles. The van der Waals surface area contributed by atoms with Crippen LogP contribution in [0.2, 0.25) is 0 Å². The zero-order valence-electron chi connectivity index (χ0n) is 17.8. The molecule has 0 spiro atoms. The van der Waals surface area contributed by atoms with E-state index in [2.05, 4.69) is 41.3 Å². The number of amides is 1. The van der Waals surface area contributed by atoms with Crippen LogP contribution in [0.15, 0.2) is 4.99 Å². The van der Waals surface area contributed by atoms with E-state index >= 15 is 0 Å².